The van der Waals surface area contributed by atoms with Crippen LogP contribution in [0.5, 0.6) is 34.5 Å². The lowest BCUT2D eigenvalue weighted by atomic mass is 10.2. The third-order valence-corrected chi connectivity index (χ3v) is 4.71. The fourth-order valence-corrected chi connectivity index (χ4v) is 2.79. The van der Waals surface area contributed by atoms with Gasteiger partial charge in [0, 0.05) is 0 Å². The Morgan fingerprint density at radius 1 is 0.528 bits per heavy atom. The van der Waals surface area contributed by atoms with Gasteiger partial charge in [0.05, 0.1) is 16.7 Å². The average molecular weight is 500 g/mol. The third-order valence-electron chi connectivity index (χ3n) is 4.71. The number of ether oxygens (including phenoxy) is 3. The molecular formula is C24H20O12. The van der Waals surface area contributed by atoms with Crippen LogP contribution in [0, 0.1) is 0 Å². The van der Waals surface area contributed by atoms with Crippen LogP contribution in [-0.2, 0) is 14.2 Å². The first-order chi connectivity index (χ1) is 17.0. The highest BCUT2D eigenvalue weighted by molar-refractivity contribution is 5.92. The first kappa shape index (κ1) is 25.5. The Labute approximate surface area is 202 Å². The minimum Gasteiger partial charge on any atom is -0.504 e. The van der Waals surface area contributed by atoms with Crippen molar-refractivity contribution in [2.45, 2.75) is 6.10 Å². The fourth-order valence-electron chi connectivity index (χ4n) is 2.79. The molecule has 12 nitrogen and oxygen atoms in total. The quantitative estimate of drug-likeness (QED) is 0.150. The van der Waals surface area contributed by atoms with Crippen molar-refractivity contribution in [3.05, 3.63) is 71.3 Å². The van der Waals surface area contributed by atoms with Crippen molar-refractivity contribution in [1.82, 2.24) is 0 Å². The normalized spacial score (nSPS) is 10.6. The van der Waals surface area contributed by atoms with Crippen molar-refractivity contribution in [3.8, 4) is 34.5 Å². The molecule has 36 heavy (non-hydrogen) atoms. The maximum Gasteiger partial charge on any atom is 0.338 e. The van der Waals surface area contributed by atoms with Gasteiger partial charge in [0.2, 0.25) is 0 Å². The van der Waals surface area contributed by atoms with E-state index in [1.165, 1.54) is 12.1 Å². The molecule has 0 aromatic heterocycles. The number of rotatable bonds is 8. The zero-order valence-electron chi connectivity index (χ0n) is 18.3. The van der Waals surface area contributed by atoms with Gasteiger partial charge in [-0.15, -0.1) is 0 Å². The number of carbonyl (C=O) groups excluding carboxylic acids is 3. The summed E-state index contributed by atoms with van der Waals surface area (Å²) in [7, 11) is 0. The van der Waals surface area contributed by atoms with Crippen LogP contribution in [0.1, 0.15) is 31.1 Å². The number of phenolic OH excluding ortho intramolecular Hbond substituents is 6. The standard InChI is InChI=1S/C24H20O12/c25-16-4-1-12(7-19(16)28)22(31)34-10-15(36-24(33)14-3-6-18(27)21(30)9-14)11-35-23(32)13-2-5-17(26)20(29)8-13/h1-9,15,25-30H,10-11H2. The molecule has 0 radical (unpaired) electrons. The van der Waals surface area contributed by atoms with Crippen molar-refractivity contribution in [2.24, 2.45) is 0 Å². The predicted octanol–water partition coefficient (Wildman–Crippen LogP) is 2.16. The zero-order chi connectivity index (χ0) is 26.4. The van der Waals surface area contributed by atoms with Crippen LogP contribution >= 0.6 is 0 Å². The molecule has 188 valence electrons. The molecule has 0 aliphatic rings. The van der Waals surface area contributed by atoms with Gasteiger partial charge in [0.25, 0.3) is 0 Å². The Bertz CT molecular complexity index is 1230. The SMILES string of the molecule is O=C(OCC(COC(=O)c1ccc(O)c(O)c1)OC(=O)c1ccc(O)c(O)c1)c1ccc(O)c(O)c1. The van der Waals surface area contributed by atoms with Gasteiger partial charge in [-0.3, -0.25) is 0 Å². The summed E-state index contributed by atoms with van der Waals surface area (Å²) in [5.41, 5.74) is -0.425. The Kier molecular flexibility index (Phi) is 7.69. The smallest absolute Gasteiger partial charge is 0.338 e. The van der Waals surface area contributed by atoms with E-state index in [1.807, 2.05) is 0 Å². The van der Waals surface area contributed by atoms with Gasteiger partial charge in [-0.05, 0) is 54.6 Å². The summed E-state index contributed by atoms with van der Waals surface area (Å²) in [4.78, 5) is 37.1. The van der Waals surface area contributed by atoms with E-state index in [4.69, 9.17) is 14.2 Å². The molecular weight excluding hydrogens is 480 g/mol. The van der Waals surface area contributed by atoms with Gasteiger partial charge in [-0.25, -0.2) is 14.4 Å². The van der Waals surface area contributed by atoms with Crippen LogP contribution in [0.2, 0.25) is 0 Å². The summed E-state index contributed by atoms with van der Waals surface area (Å²) in [6.07, 6.45) is -1.35. The fraction of sp³-hybridized carbons (Fsp3) is 0.125. The lowest BCUT2D eigenvalue weighted by molar-refractivity contribution is -0.0254. The molecule has 12 heteroatoms. The summed E-state index contributed by atoms with van der Waals surface area (Å²) in [6, 6.07) is 9.53. The number of hydrogen-bond donors (Lipinski definition) is 6. The predicted molar refractivity (Wildman–Crippen MR) is 119 cm³/mol. The van der Waals surface area contributed by atoms with Crippen molar-refractivity contribution in [1.29, 1.82) is 0 Å². The maximum absolute atomic E-state index is 12.5. The van der Waals surface area contributed by atoms with Gasteiger partial charge >= 0.3 is 17.9 Å². The molecule has 0 atom stereocenters. The number of aromatic hydroxyl groups is 6. The van der Waals surface area contributed by atoms with Crippen molar-refractivity contribution < 1.29 is 59.2 Å². The lowest BCUT2D eigenvalue weighted by Gasteiger charge is -2.18. The van der Waals surface area contributed by atoms with Crippen molar-refractivity contribution in [2.75, 3.05) is 13.2 Å². The second-order valence-electron chi connectivity index (χ2n) is 7.33. The molecule has 0 saturated carbocycles. The molecule has 0 saturated heterocycles. The second-order valence-corrected chi connectivity index (χ2v) is 7.33. The average Bonchev–Trinajstić information content (AvgIpc) is 2.85. The zero-order valence-corrected chi connectivity index (χ0v) is 18.3. The number of carbonyl (C=O) groups is 3. The van der Waals surface area contributed by atoms with Crippen LogP contribution < -0.4 is 0 Å². The van der Waals surface area contributed by atoms with E-state index >= 15 is 0 Å². The number of phenols is 6. The Morgan fingerprint density at radius 2 is 0.861 bits per heavy atom. The van der Waals surface area contributed by atoms with E-state index in [-0.39, 0.29) is 16.7 Å². The molecule has 0 unspecified atom stereocenters. The molecule has 0 bridgehead atoms. The topological polar surface area (TPSA) is 200 Å². The van der Waals surface area contributed by atoms with Crippen LogP contribution in [0.3, 0.4) is 0 Å². The first-order valence-electron chi connectivity index (χ1n) is 10.2. The molecule has 3 rings (SSSR count). The molecule has 6 N–H and O–H groups in total. The van der Waals surface area contributed by atoms with Crippen LogP contribution in [0.25, 0.3) is 0 Å². The van der Waals surface area contributed by atoms with Gasteiger partial charge < -0.3 is 44.8 Å². The summed E-state index contributed by atoms with van der Waals surface area (Å²) in [6.45, 7) is -1.21. The minimum absolute atomic E-state index is 0.129. The highest BCUT2D eigenvalue weighted by Crippen LogP contribution is 2.27. The summed E-state index contributed by atoms with van der Waals surface area (Å²) in [5.74, 6) is -6.01. The largest absolute Gasteiger partial charge is 0.504 e. The van der Waals surface area contributed by atoms with E-state index in [2.05, 4.69) is 0 Å². The highest BCUT2D eigenvalue weighted by atomic mass is 16.6. The van der Waals surface area contributed by atoms with Crippen molar-refractivity contribution in [3.63, 3.8) is 0 Å². The molecule has 0 fully saturated rings. The van der Waals surface area contributed by atoms with Gasteiger partial charge in [0.1, 0.15) is 13.2 Å². The van der Waals surface area contributed by atoms with E-state index in [1.54, 1.807) is 0 Å². The minimum atomic E-state index is -1.35. The van der Waals surface area contributed by atoms with Gasteiger partial charge in [-0.2, -0.15) is 0 Å². The Balaban J connectivity index is 1.72. The molecule has 0 aliphatic heterocycles. The summed E-state index contributed by atoms with van der Waals surface area (Å²) < 4.78 is 15.4. The highest BCUT2D eigenvalue weighted by Gasteiger charge is 2.23. The molecule has 0 spiro atoms. The number of hydrogen-bond acceptors (Lipinski definition) is 12. The maximum atomic E-state index is 12.5. The molecule has 3 aromatic rings. The van der Waals surface area contributed by atoms with Gasteiger partial charge in [-0.1, -0.05) is 0 Å². The van der Waals surface area contributed by atoms with Crippen LogP contribution in [0.15, 0.2) is 54.6 Å². The second kappa shape index (κ2) is 10.9. The molecule has 0 aliphatic carbocycles. The van der Waals surface area contributed by atoms with E-state index < -0.39 is 71.7 Å². The van der Waals surface area contributed by atoms with Crippen LogP contribution in [0.4, 0.5) is 0 Å². The van der Waals surface area contributed by atoms with Crippen LogP contribution in [-0.4, -0.2) is 67.9 Å². The van der Waals surface area contributed by atoms with E-state index in [0.717, 1.165) is 42.5 Å². The number of esters is 3. The van der Waals surface area contributed by atoms with E-state index in [9.17, 15) is 45.0 Å². The monoisotopic (exact) mass is 500 g/mol. The van der Waals surface area contributed by atoms with E-state index in [0.29, 0.717) is 0 Å². The third kappa shape index (κ3) is 6.26. The summed E-state index contributed by atoms with van der Waals surface area (Å²) >= 11 is 0. The Morgan fingerprint density at radius 3 is 1.19 bits per heavy atom. The Hall–Kier alpha value is -5.13. The number of benzene rings is 3. The van der Waals surface area contributed by atoms with Crippen molar-refractivity contribution >= 4 is 17.9 Å². The molecule has 0 heterocycles. The summed E-state index contributed by atoms with van der Waals surface area (Å²) in [5, 5.41) is 56.8. The molecule has 0 amide bonds. The lowest BCUT2D eigenvalue weighted by Crippen LogP contribution is -2.31. The first-order valence-corrected chi connectivity index (χ1v) is 10.2. The van der Waals surface area contributed by atoms with Gasteiger partial charge in [0.15, 0.2) is 40.6 Å². The molecule has 3 aromatic carbocycles.